The molecule has 7 nitrogen and oxygen atoms in total. The van der Waals surface area contributed by atoms with Crippen molar-refractivity contribution in [2.75, 3.05) is 52.4 Å². The number of carbonyl (C=O) groups is 1. The number of carbonyl (C=O) groups excluding carboxylic acids is 1. The van der Waals surface area contributed by atoms with Crippen LogP contribution in [0.15, 0.2) is 60.0 Å². The van der Waals surface area contributed by atoms with Crippen molar-refractivity contribution in [3.63, 3.8) is 0 Å². The number of hydrogen-bond acceptors (Lipinski definition) is 7. The fourth-order valence-electron chi connectivity index (χ4n) is 4.68. The van der Waals surface area contributed by atoms with Gasteiger partial charge in [-0.15, -0.1) is 11.3 Å². The van der Waals surface area contributed by atoms with Crippen molar-refractivity contribution in [1.82, 2.24) is 10.2 Å². The fourth-order valence-corrected chi connectivity index (χ4v) is 5.65. The van der Waals surface area contributed by atoms with Crippen LogP contribution >= 0.6 is 11.3 Å². The number of hydrogen-bond donors (Lipinski definition) is 1. The number of anilines is 1. The van der Waals surface area contributed by atoms with Crippen molar-refractivity contribution in [2.45, 2.75) is 19.0 Å². The van der Waals surface area contributed by atoms with Gasteiger partial charge in [-0.25, -0.2) is 0 Å². The predicted octanol–water partition coefficient (Wildman–Crippen LogP) is 4.46. The first-order valence-electron chi connectivity index (χ1n) is 11.7. The second kappa shape index (κ2) is 11.5. The van der Waals surface area contributed by atoms with Crippen LogP contribution in [0.1, 0.15) is 28.2 Å². The molecule has 4 rings (SSSR count). The highest BCUT2D eigenvalue weighted by molar-refractivity contribution is 7.10. The molecule has 0 saturated carbocycles. The fraction of sp³-hybridized carbons (Fsp3) is 0.370. The van der Waals surface area contributed by atoms with Gasteiger partial charge in [0.15, 0.2) is 11.5 Å². The molecule has 0 radical (unpaired) electrons. The first kappa shape index (κ1) is 24.9. The lowest BCUT2D eigenvalue weighted by Gasteiger charge is -2.42. The van der Waals surface area contributed by atoms with E-state index in [-0.39, 0.29) is 18.0 Å². The van der Waals surface area contributed by atoms with Crippen LogP contribution in [-0.4, -0.2) is 64.4 Å². The minimum Gasteiger partial charge on any atom is -0.497 e. The molecule has 2 heterocycles. The number of nitrogens with one attached hydrogen (secondary N) is 1. The summed E-state index contributed by atoms with van der Waals surface area (Å²) in [5.74, 6) is 1.67. The lowest BCUT2D eigenvalue weighted by Crippen LogP contribution is -2.52. The lowest BCUT2D eigenvalue weighted by atomic mass is 10.0. The number of para-hydroxylation sites is 1. The summed E-state index contributed by atoms with van der Waals surface area (Å²) in [4.78, 5) is 19.4. The van der Waals surface area contributed by atoms with Crippen molar-refractivity contribution in [2.24, 2.45) is 0 Å². The lowest BCUT2D eigenvalue weighted by molar-refractivity contribution is 0.0887. The molecule has 3 aromatic rings. The van der Waals surface area contributed by atoms with E-state index >= 15 is 0 Å². The van der Waals surface area contributed by atoms with Crippen molar-refractivity contribution < 1.29 is 19.0 Å². The SMILES string of the molecule is COc1ccc(N2CCN([C@@H](c3cccs3)[C@@H](C)NC(=O)c3cccc(OC)c3OC)CC2)cc1. The maximum Gasteiger partial charge on any atom is 0.255 e. The third-order valence-corrected chi connectivity index (χ3v) is 7.40. The first-order chi connectivity index (χ1) is 17.0. The van der Waals surface area contributed by atoms with E-state index in [4.69, 9.17) is 14.2 Å². The maximum absolute atomic E-state index is 13.3. The number of nitrogens with zero attached hydrogens (tertiary/aromatic N) is 2. The Morgan fingerprint density at radius 2 is 1.66 bits per heavy atom. The molecule has 35 heavy (non-hydrogen) atoms. The number of amides is 1. The molecule has 186 valence electrons. The van der Waals surface area contributed by atoms with Gasteiger partial charge >= 0.3 is 0 Å². The Balaban J connectivity index is 1.48. The first-order valence-corrected chi connectivity index (χ1v) is 12.6. The molecule has 8 heteroatoms. The molecular formula is C27H33N3O4S. The molecule has 1 saturated heterocycles. The van der Waals surface area contributed by atoms with Gasteiger partial charge in [0.25, 0.3) is 5.91 Å². The Kier molecular flexibility index (Phi) is 8.15. The van der Waals surface area contributed by atoms with Gasteiger partial charge in [-0.1, -0.05) is 12.1 Å². The van der Waals surface area contributed by atoms with Gasteiger partial charge in [-0.2, -0.15) is 0 Å². The third-order valence-electron chi connectivity index (χ3n) is 6.46. The highest BCUT2D eigenvalue weighted by Gasteiger charge is 2.31. The summed E-state index contributed by atoms with van der Waals surface area (Å²) in [6.45, 7) is 5.70. The Morgan fingerprint density at radius 1 is 0.914 bits per heavy atom. The average molecular weight is 496 g/mol. The average Bonchev–Trinajstić information content (AvgIpc) is 3.43. The molecule has 1 fully saturated rings. The van der Waals surface area contributed by atoms with Crippen molar-refractivity contribution >= 4 is 22.9 Å². The summed E-state index contributed by atoms with van der Waals surface area (Å²) in [7, 11) is 4.80. The Labute approximate surface area is 211 Å². The number of rotatable bonds is 9. The minimum atomic E-state index is -0.174. The molecule has 1 N–H and O–H groups in total. The summed E-state index contributed by atoms with van der Waals surface area (Å²) < 4.78 is 16.1. The summed E-state index contributed by atoms with van der Waals surface area (Å²) in [5, 5.41) is 5.32. The molecule has 2 atom stereocenters. The summed E-state index contributed by atoms with van der Waals surface area (Å²) in [6.07, 6.45) is 0. The van der Waals surface area contributed by atoms with E-state index in [1.165, 1.54) is 10.6 Å². The van der Waals surface area contributed by atoms with Crippen LogP contribution < -0.4 is 24.4 Å². The second-order valence-electron chi connectivity index (χ2n) is 8.48. The standard InChI is InChI=1S/C27H33N3O4S/c1-19(28-27(31)22-7-5-8-23(33-3)26(22)34-4)25(24-9-6-18-35-24)30-16-14-29(15-17-30)20-10-12-21(32-2)13-11-20/h5-13,18-19,25H,14-17H2,1-4H3,(H,28,31)/t19-,25-/m1/s1. The van der Waals surface area contributed by atoms with Gasteiger partial charge in [0.1, 0.15) is 5.75 Å². The van der Waals surface area contributed by atoms with Gasteiger partial charge in [0.05, 0.1) is 32.9 Å². The third kappa shape index (κ3) is 5.55. The van der Waals surface area contributed by atoms with Gasteiger partial charge in [-0.05, 0) is 54.8 Å². The van der Waals surface area contributed by atoms with Crippen LogP contribution in [0.25, 0.3) is 0 Å². The highest BCUT2D eigenvalue weighted by atomic mass is 32.1. The number of methoxy groups -OCH3 is 3. The Hall–Kier alpha value is -3.23. The van der Waals surface area contributed by atoms with E-state index in [0.717, 1.165) is 31.9 Å². The molecule has 1 aliphatic rings. The Morgan fingerprint density at radius 3 is 2.26 bits per heavy atom. The largest absolute Gasteiger partial charge is 0.497 e. The number of ether oxygens (including phenoxy) is 3. The van der Waals surface area contributed by atoms with E-state index in [0.29, 0.717) is 17.1 Å². The quantitative estimate of drug-likeness (QED) is 0.473. The number of thiophene rings is 1. The maximum atomic E-state index is 13.3. The molecular weight excluding hydrogens is 462 g/mol. The predicted molar refractivity (Wildman–Crippen MR) is 140 cm³/mol. The van der Waals surface area contributed by atoms with Gasteiger partial charge in [-0.3, -0.25) is 9.69 Å². The zero-order valence-corrected chi connectivity index (χ0v) is 21.5. The van der Waals surface area contributed by atoms with E-state index in [9.17, 15) is 4.79 Å². The molecule has 0 aliphatic carbocycles. The van der Waals surface area contributed by atoms with E-state index in [2.05, 4.69) is 51.7 Å². The zero-order valence-electron chi connectivity index (χ0n) is 20.7. The van der Waals surface area contributed by atoms with Crippen LogP contribution in [0.5, 0.6) is 17.2 Å². The summed E-state index contributed by atoms with van der Waals surface area (Å²) >= 11 is 1.73. The molecule has 0 spiro atoms. The molecule has 0 bridgehead atoms. The van der Waals surface area contributed by atoms with Gasteiger partial charge < -0.3 is 24.4 Å². The van der Waals surface area contributed by atoms with E-state index in [1.807, 2.05) is 12.1 Å². The normalized spacial score (nSPS) is 15.8. The van der Waals surface area contributed by atoms with E-state index in [1.54, 1.807) is 50.9 Å². The van der Waals surface area contributed by atoms with Crippen LogP contribution in [0.2, 0.25) is 0 Å². The van der Waals surface area contributed by atoms with Gasteiger partial charge in [0, 0.05) is 42.8 Å². The summed E-state index contributed by atoms with van der Waals surface area (Å²) in [6, 6.07) is 17.8. The van der Waals surface area contributed by atoms with Crippen LogP contribution in [-0.2, 0) is 0 Å². The topological polar surface area (TPSA) is 63.3 Å². The van der Waals surface area contributed by atoms with Crippen LogP contribution in [0.3, 0.4) is 0 Å². The zero-order chi connectivity index (χ0) is 24.8. The minimum absolute atomic E-state index is 0.0774. The second-order valence-corrected chi connectivity index (χ2v) is 9.46. The molecule has 1 aliphatic heterocycles. The smallest absolute Gasteiger partial charge is 0.255 e. The molecule has 0 unspecified atom stereocenters. The molecule has 1 amide bonds. The van der Waals surface area contributed by atoms with Crippen LogP contribution in [0, 0.1) is 0 Å². The number of benzene rings is 2. The molecule has 2 aromatic carbocycles. The van der Waals surface area contributed by atoms with Crippen molar-refractivity contribution in [1.29, 1.82) is 0 Å². The highest BCUT2D eigenvalue weighted by Crippen LogP contribution is 2.33. The van der Waals surface area contributed by atoms with Crippen molar-refractivity contribution in [3.05, 3.63) is 70.4 Å². The molecule has 1 aromatic heterocycles. The van der Waals surface area contributed by atoms with Crippen molar-refractivity contribution in [3.8, 4) is 17.2 Å². The van der Waals surface area contributed by atoms with Gasteiger partial charge in [0.2, 0.25) is 0 Å². The number of piperazine rings is 1. The monoisotopic (exact) mass is 495 g/mol. The van der Waals surface area contributed by atoms with Crippen LogP contribution in [0.4, 0.5) is 5.69 Å². The summed E-state index contributed by atoms with van der Waals surface area (Å²) in [5.41, 5.74) is 1.66. The Bertz CT molecular complexity index is 1100. The van der Waals surface area contributed by atoms with E-state index < -0.39 is 0 Å².